The van der Waals surface area contributed by atoms with Crippen LogP contribution in [0.1, 0.15) is 27.4 Å². The lowest BCUT2D eigenvalue weighted by atomic mass is 10.1. The van der Waals surface area contributed by atoms with Crippen LogP contribution >= 0.6 is 0 Å². The fraction of sp³-hybridized carbons (Fsp3) is 0.200. The molecular formula is C20H20N4O2. The van der Waals surface area contributed by atoms with Crippen LogP contribution in [0.4, 0.5) is 0 Å². The number of amides is 1. The molecule has 2 heterocycles. The minimum absolute atomic E-state index is 0.351. The molecule has 2 aromatic heterocycles. The van der Waals surface area contributed by atoms with Gasteiger partial charge in [0.15, 0.2) is 0 Å². The first-order valence-corrected chi connectivity index (χ1v) is 8.42. The van der Waals surface area contributed by atoms with Crippen molar-refractivity contribution in [3.8, 4) is 5.69 Å². The molecule has 0 bridgehead atoms. The Hall–Kier alpha value is -3.28. The maximum Gasteiger partial charge on any atom is 0.292 e. The van der Waals surface area contributed by atoms with Crippen LogP contribution in [0.15, 0.2) is 54.7 Å². The second kappa shape index (κ2) is 7.74. The lowest BCUT2D eigenvalue weighted by molar-refractivity contribution is -0.116. The topological polar surface area (TPSA) is 76.9 Å². The smallest absolute Gasteiger partial charge is 0.292 e. The highest BCUT2D eigenvalue weighted by atomic mass is 16.2. The maximum absolute atomic E-state index is 12.6. The van der Waals surface area contributed by atoms with E-state index in [1.54, 1.807) is 24.7 Å². The Balaban J connectivity index is 1.71. The van der Waals surface area contributed by atoms with Crippen molar-refractivity contribution in [1.29, 1.82) is 0 Å². The number of ketones is 1. The lowest BCUT2D eigenvalue weighted by Gasteiger charge is -2.06. The molecule has 132 valence electrons. The molecule has 0 atom stereocenters. The zero-order valence-electron chi connectivity index (χ0n) is 14.8. The van der Waals surface area contributed by atoms with Crippen molar-refractivity contribution in [2.24, 2.45) is 0 Å². The number of carbonyl (C=O) groups excluding carboxylic acids is 2. The Kier molecular flexibility index (Phi) is 5.22. The molecule has 1 amide bonds. The number of benzene rings is 1. The number of nitrogens with one attached hydrogen (secondary N) is 1. The van der Waals surface area contributed by atoms with Crippen LogP contribution in [-0.4, -0.2) is 33.0 Å². The number of pyridine rings is 1. The zero-order valence-corrected chi connectivity index (χ0v) is 14.8. The van der Waals surface area contributed by atoms with E-state index in [4.69, 9.17) is 0 Å². The van der Waals surface area contributed by atoms with Gasteiger partial charge in [-0.3, -0.25) is 14.6 Å². The molecule has 0 saturated carbocycles. The Labute approximate surface area is 151 Å². The summed E-state index contributed by atoms with van der Waals surface area (Å²) in [4.78, 5) is 29.1. The molecule has 0 saturated heterocycles. The second-order valence-corrected chi connectivity index (χ2v) is 5.95. The molecule has 0 aliphatic carbocycles. The quantitative estimate of drug-likeness (QED) is 0.548. The average molecular weight is 348 g/mol. The van der Waals surface area contributed by atoms with Gasteiger partial charge in [0.05, 0.1) is 22.6 Å². The van der Waals surface area contributed by atoms with Gasteiger partial charge >= 0.3 is 0 Å². The highest BCUT2D eigenvalue weighted by Crippen LogP contribution is 2.18. The molecule has 0 aliphatic rings. The van der Waals surface area contributed by atoms with Crippen molar-refractivity contribution in [3.05, 3.63) is 77.4 Å². The molecule has 0 radical (unpaired) electrons. The zero-order chi connectivity index (χ0) is 18.5. The van der Waals surface area contributed by atoms with Gasteiger partial charge in [0, 0.05) is 24.9 Å². The molecule has 0 fully saturated rings. The van der Waals surface area contributed by atoms with Gasteiger partial charge in [0.2, 0.25) is 0 Å². The van der Waals surface area contributed by atoms with E-state index < -0.39 is 11.7 Å². The highest BCUT2D eigenvalue weighted by molar-refractivity contribution is 6.43. The first kappa shape index (κ1) is 17.5. The number of aromatic nitrogens is 3. The van der Waals surface area contributed by atoms with Gasteiger partial charge in [-0.1, -0.05) is 24.3 Å². The molecule has 26 heavy (non-hydrogen) atoms. The third kappa shape index (κ3) is 3.69. The number of Topliss-reactive ketones (excluding diaryl/α,β-unsaturated/α-hetero) is 1. The van der Waals surface area contributed by atoms with Gasteiger partial charge in [-0.25, -0.2) is 4.68 Å². The van der Waals surface area contributed by atoms with Crippen LogP contribution in [0.5, 0.6) is 0 Å². The predicted octanol–water partition coefficient (Wildman–Crippen LogP) is 2.43. The molecule has 3 aromatic rings. The second-order valence-electron chi connectivity index (χ2n) is 5.95. The first-order chi connectivity index (χ1) is 12.6. The van der Waals surface area contributed by atoms with Gasteiger partial charge in [-0.05, 0) is 38.1 Å². The third-order valence-corrected chi connectivity index (χ3v) is 4.12. The SMILES string of the molecule is Cc1nn(-c2ccccc2)c(C)c1C(=O)C(=O)NCCc1ccccn1. The van der Waals surface area contributed by atoms with Crippen molar-refractivity contribution in [2.75, 3.05) is 6.54 Å². The van der Waals surface area contributed by atoms with Crippen molar-refractivity contribution >= 4 is 11.7 Å². The first-order valence-electron chi connectivity index (χ1n) is 8.42. The van der Waals surface area contributed by atoms with Crippen LogP contribution < -0.4 is 5.32 Å². The van der Waals surface area contributed by atoms with Crippen molar-refractivity contribution in [1.82, 2.24) is 20.1 Å². The van der Waals surface area contributed by atoms with Crippen LogP contribution in [0.25, 0.3) is 5.69 Å². The molecular weight excluding hydrogens is 328 g/mol. The van der Waals surface area contributed by atoms with Crippen molar-refractivity contribution < 1.29 is 9.59 Å². The van der Waals surface area contributed by atoms with Crippen LogP contribution in [-0.2, 0) is 11.2 Å². The fourth-order valence-electron chi connectivity index (χ4n) is 2.84. The Morgan fingerprint density at radius 3 is 2.46 bits per heavy atom. The van der Waals surface area contributed by atoms with Crippen LogP contribution in [0, 0.1) is 13.8 Å². The van der Waals surface area contributed by atoms with E-state index in [1.807, 2.05) is 48.5 Å². The largest absolute Gasteiger partial charge is 0.349 e. The number of para-hydroxylation sites is 1. The summed E-state index contributed by atoms with van der Waals surface area (Å²) >= 11 is 0. The molecule has 0 unspecified atom stereocenters. The predicted molar refractivity (Wildman–Crippen MR) is 98.3 cm³/mol. The molecule has 6 nitrogen and oxygen atoms in total. The fourth-order valence-corrected chi connectivity index (χ4v) is 2.84. The minimum atomic E-state index is -0.625. The van der Waals surface area contributed by atoms with Gasteiger partial charge in [-0.2, -0.15) is 5.10 Å². The Morgan fingerprint density at radius 2 is 1.77 bits per heavy atom. The lowest BCUT2D eigenvalue weighted by Crippen LogP contribution is -2.33. The number of nitrogens with zero attached hydrogens (tertiary/aromatic N) is 3. The van der Waals surface area contributed by atoms with E-state index in [1.165, 1.54) is 0 Å². The van der Waals surface area contributed by atoms with E-state index in [9.17, 15) is 9.59 Å². The van der Waals surface area contributed by atoms with E-state index in [-0.39, 0.29) is 0 Å². The Morgan fingerprint density at radius 1 is 1.04 bits per heavy atom. The molecule has 1 N–H and O–H groups in total. The van der Waals surface area contributed by atoms with Crippen LogP contribution in [0.3, 0.4) is 0 Å². The van der Waals surface area contributed by atoms with Crippen molar-refractivity contribution in [2.45, 2.75) is 20.3 Å². The summed E-state index contributed by atoms with van der Waals surface area (Å²) in [6.45, 7) is 3.88. The van der Waals surface area contributed by atoms with E-state index >= 15 is 0 Å². The third-order valence-electron chi connectivity index (χ3n) is 4.12. The molecule has 6 heteroatoms. The summed E-state index contributed by atoms with van der Waals surface area (Å²) in [6.07, 6.45) is 2.27. The Bertz CT molecular complexity index is 918. The van der Waals surface area contributed by atoms with Crippen molar-refractivity contribution in [3.63, 3.8) is 0 Å². The van der Waals surface area contributed by atoms with Gasteiger partial charge < -0.3 is 5.32 Å². The molecule has 3 rings (SSSR count). The summed E-state index contributed by atoms with van der Waals surface area (Å²) in [5.41, 5.74) is 3.26. The van der Waals surface area contributed by atoms with E-state index in [2.05, 4.69) is 15.4 Å². The summed E-state index contributed by atoms with van der Waals surface area (Å²) in [5, 5.41) is 7.08. The monoisotopic (exact) mass is 348 g/mol. The van der Waals surface area contributed by atoms with Gasteiger partial charge in [-0.15, -0.1) is 0 Å². The number of carbonyl (C=O) groups is 2. The van der Waals surface area contributed by atoms with E-state index in [0.29, 0.717) is 29.9 Å². The summed E-state index contributed by atoms with van der Waals surface area (Å²) < 4.78 is 1.68. The molecule has 0 spiro atoms. The summed E-state index contributed by atoms with van der Waals surface area (Å²) in [6, 6.07) is 15.1. The summed E-state index contributed by atoms with van der Waals surface area (Å²) in [5.74, 6) is -1.19. The normalized spacial score (nSPS) is 10.5. The molecule has 0 aliphatic heterocycles. The highest BCUT2D eigenvalue weighted by Gasteiger charge is 2.24. The number of aryl methyl sites for hydroxylation is 1. The summed E-state index contributed by atoms with van der Waals surface area (Å²) in [7, 11) is 0. The number of hydrogen-bond donors (Lipinski definition) is 1. The number of hydrogen-bond acceptors (Lipinski definition) is 4. The van der Waals surface area contributed by atoms with Gasteiger partial charge in [0.1, 0.15) is 0 Å². The van der Waals surface area contributed by atoms with Crippen LogP contribution in [0.2, 0.25) is 0 Å². The maximum atomic E-state index is 12.6. The minimum Gasteiger partial charge on any atom is -0.349 e. The average Bonchev–Trinajstić information content (AvgIpc) is 2.97. The van der Waals surface area contributed by atoms with Gasteiger partial charge in [0.25, 0.3) is 11.7 Å². The number of rotatable bonds is 6. The molecule has 1 aromatic carbocycles. The standard InChI is InChI=1S/C20H20N4O2/c1-14-18(15(2)24(23-14)17-9-4-3-5-10-17)19(25)20(26)22-13-11-16-8-6-7-12-21-16/h3-10,12H,11,13H2,1-2H3,(H,22,26). The van der Waals surface area contributed by atoms with E-state index in [0.717, 1.165) is 11.4 Å².